The van der Waals surface area contributed by atoms with Crippen LogP contribution in [0.15, 0.2) is 0 Å². The second-order valence-electron chi connectivity index (χ2n) is 4.06. The molecule has 1 rings (SSSR count). The second-order valence-corrected chi connectivity index (χ2v) is 4.06. The van der Waals surface area contributed by atoms with E-state index in [-0.39, 0.29) is 6.10 Å². The molecule has 1 aliphatic heterocycles. The number of hydrogen-bond acceptors (Lipinski definition) is 2. The standard InChI is InChI=1S/C10H21NO/c1-4-10(12)7-11-6-5-8(2)9(11)3/h8-10,12H,4-7H2,1-3H3/t8?,9?,10-/m1/s1. The molecular weight excluding hydrogens is 150 g/mol. The van der Waals surface area contributed by atoms with Gasteiger partial charge in [0, 0.05) is 12.6 Å². The van der Waals surface area contributed by atoms with Gasteiger partial charge in [-0.05, 0) is 32.2 Å². The predicted octanol–water partition coefficient (Wildman–Crippen LogP) is 1.49. The van der Waals surface area contributed by atoms with Gasteiger partial charge in [0.15, 0.2) is 0 Å². The Labute approximate surface area is 75.6 Å². The Kier molecular flexibility index (Phi) is 3.53. The van der Waals surface area contributed by atoms with Gasteiger partial charge in [0.05, 0.1) is 6.10 Å². The molecule has 2 heteroatoms. The molecule has 0 bridgehead atoms. The minimum atomic E-state index is -0.127. The van der Waals surface area contributed by atoms with Crippen molar-refractivity contribution in [3.05, 3.63) is 0 Å². The summed E-state index contributed by atoms with van der Waals surface area (Å²) in [7, 11) is 0. The van der Waals surface area contributed by atoms with Gasteiger partial charge in [0.1, 0.15) is 0 Å². The van der Waals surface area contributed by atoms with Crippen LogP contribution in [0.5, 0.6) is 0 Å². The normalized spacial score (nSPS) is 34.0. The molecule has 3 atom stereocenters. The van der Waals surface area contributed by atoms with Gasteiger partial charge in [0.2, 0.25) is 0 Å². The Morgan fingerprint density at radius 3 is 2.58 bits per heavy atom. The Balaban J connectivity index is 2.33. The molecule has 0 amide bonds. The fourth-order valence-corrected chi connectivity index (χ4v) is 1.83. The highest BCUT2D eigenvalue weighted by molar-refractivity contribution is 4.82. The fraction of sp³-hybridized carbons (Fsp3) is 1.00. The van der Waals surface area contributed by atoms with Gasteiger partial charge in [-0.2, -0.15) is 0 Å². The van der Waals surface area contributed by atoms with Crippen molar-refractivity contribution in [2.75, 3.05) is 13.1 Å². The van der Waals surface area contributed by atoms with Crippen LogP contribution in [0.25, 0.3) is 0 Å². The molecule has 12 heavy (non-hydrogen) atoms. The van der Waals surface area contributed by atoms with Crippen LogP contribution in [0.3, 0.4) is 0 Å². The highest BCUT2D eigenvalue weighted by Gasteiger charge is 2.27. The van der Waals surface area contributed by atoms with Crippen molar-refractivity contribution in [3.8, 4) is 0 Å². The third-order valence-corrected chi connectivity index (χ3v) is 3.19. The highest BCUT2D eigenvalue weighted by atomic mass is 16.3. The Bertz CT molecular complexity index is 138. The molecule has 1 fully saturated rings. The SMILES string of the molecule is CC[C@@H](O)CN1CCC(C)C1C. The van der Waals surface area contributed by atoms with E-state index < -0.39 is 0 Å². The Morgan fingerprint density at radius 2 is 2.17 bits per heavy atom. The molecule has 72 valence electrons. The minimum absolute atomic E-state index is 0.127. The Morgan fingerprint density at radius 1 is 1.50 bits per heavy atom. The van der Waals surface area contributed by atoms with E-state index in [1.807, 2.05) is 6.92 Å². The van der Waals surface area contributed by atoms with Crippen LogP contribution in [0.2, 0.25) is 0 Å². The van der Waals surface area contributed by atoms with Gasteiger partial charge < -0.3 is 5.11 Å². The first-order valence-corrected chi connectivity index (χ1v) is 5.07. The molecule has 1 saturated heterocycles. The van der Waals surface area contributed by atoms with E-state index in [9.17, 15) is 5.11 Å². The van der Waals surface area contributed by atoms with Crippen LogP contribution in [0, 0.1) is 5.92 Å². The van der Waals surface area contributed by atoms with Crippen molar-refractivity contribution in [1.29, 1.82) is 0 Å². The molecule has 0 aliphatic carbocycles. The summed E-state index contributed by atoms with van der Waals surface area (Å²) >= 11 is 0. The van der Waals surface area contributed by atoms with E-state index in [0.717, 1.165) is 18.9 Å². The molecule has 0 radical (unpaired) electrons. The zero-order valence-corrected chi connectivity index (χ0v) is 8.45. The third-order valence-electron chi connectivity index (χ3n) is 3.19. The van der Waals surface area contributed by atoms with Gasteiger partial charge >= 0.3 is 0 Å². The van der Waals surface area contributed by atoms with Crippen molar-refractivity contribution in [3.63, 3.8) is 0 Å². The molecule has 1 heterocycles. The van der Waals surface area contributed by atoms with Crippen molar-refractivity contribution >= 4 is 0 Å². The lowest BCUT2D eigenvalue weighted by Gasteiger charge is -2.25. The number of hydrogen-bond donors (Lipinski definition) is 1. The van der Waals surface area contributed by atoms with Crippen molar-refractivity contribution in [2.45, 2.75) is 45.8 Å². The van der Waals surface area contributed by atoms with Crippen molar-refractivity contribution in [2.24, 2.45) is 5.92 Å². The Hall–Kier alpha value is -0.0800. The maximum Gasteiger partial charge on any atom is 0.0664 e. The summed E-state index contributed by atoms with van der Waals surface area (Å²) in [4.78, 5) is 2.40. The number of β-amino-alcohol motifs (C(OH)–C–C–N with tert-alkyl or cyclic N) is 1. The quantitative estimate of drug-likeness (QED) is 0.695. The molecule has 0 saturated carbocycles. The van der Waals surface area contributed by atoms with E-state index in [0.29, 0.717) is 6.04 Å². The molecule has 2 nitrogen and oxygen atoms in total. The summed E-state index contributed by atoms with van der Waals surface area (Å²) in [5.41, 5.74) is 0. The number of aliphatic hydroxyl groups excluding tert-OH is 1. The minimum Gasteiger partial charge on any atom is -0.392 e. The molecule has 2 unspecified atom stereocenters. The average Bonchev–Trinajstić information content (AvgIpc) is 2.36. The number of rotatable bonds is 3. The van der Waals surface area contributed by atoms with Crippen LogP contribution >= 0.6 is 0 Å². The number of nitrogens with zero attached hydrogens (tertiary/aromatic N) is 1. The molecule has 1 aliphatic rings. The maximum atomic E-state index is 9.48. The van der Waals surface area contributed by atoms with Gasteiger partial charge in [-0.15, -0.1) is 0 Å². The van der Waals surface area contributed by atoms with E-state index >= 15 is 0 Å². The van der Waals surface area contributed by atoms with Crippen LogP contribution in [-0.2, 0) is 0 Å². The first kappa shape index (κ1) is 10.0. The molecule has 0 aromatic rings. The zero-order chi connectivity index (χ0) is 9.14. The second kappa shape index (κ2) is 4.24. The van der Waals surface area contributed by atoms with E-state index in [1.165, 1.54) is 13.0 Å². The summed E-state index contributed by atoms with van der Waals surface area (Å²) in [5.74, 6) is 0.800. The van der Waals surface area contributed by atoms with Crippen molar-refractivity contribution < 1.29 is 5.11 Å². The van der Waals surface area contributed by atoms with E-state index in [4.69, 9.17) is 0 Å². The summed E-state index contributed by atoms with van der Waals surface area (Å²) in [5, 5.41) is 9.48. The van der Waals surface area contributed by atoms with Gasteiger partial charge in [-0.25, -0.2) is 0 Å². The van der Waals surface area contributed by atoms with Crippen molar-refractivity contribution in [1.82, 2.24) is 4.90 Å². The average molecular weight is 171 g/mol. The van der Waals surface area contributed by atoms with Gasteiger partial charge in [-0.1, -0.05) is 13.8 Å². The van der Waals surface area contributed by atoms with E-state index in [1.54, 1.807) is 0 Å². The molecule has 0 aromatic heterocycles. The summed E-state index contributed by atoms with van der Waals surface area (Å²) in [6, 6.07) is 0.659. The van der Waals surface area contributed by atoms with Gasteiger partial charge in [0.25, 0.3) is 0 Å². The topological polar surface area (TPSA) is 23.5 Å². The highest BCUT2D eigenvalue weighted by Crippen LogP contribution is 2.23. The largest absolute Gasteiger partial charge is 0.392 e. The summed E-state index contributed by atoms with van der Waals surface area (Å²) < 4.78 is 0. The molecule has 0 aromatic carbocycles. The zero-order valence-electron chi connectivity index (χ0n) is 8.45. The maximum absolute atomic E-state index is 9.48. The smallest absolute Gasteiger partial charge is 0.0664 e. The first-order chi connectivity index (χ1) is 5.65. The lowest BCUT2D eigenvalue weighted by Crippen LogP contribution is -2.35. The van der Waals surface area contributed by atoms with Crippen LogP contribution in [0.1, 0.15) is 33.6 Å². The molecular formula is C10H21NO. The van der Waals surface area contributed by atoms with Gasteiger partial charge in [-0.3, -0.25) is 4.90 Å². The van der Waals surface area contributed by atoms with Crippen LogP contribution in [0.4, 0.5) is 0 Å². The predicted molar refractivity (Wildman–Crippen MR) is 51.1 cm³/mol. The number of likely N-dealkylation sites (tertiary alicyclic amines) is 1. The lowest BCUT2D eigenvalue weighted by atomic mass is 10.1. The fourth-order valence-electron chi connectivity index (χ4n) is 1.83. The van der Waals surface area contributed by atoms with Crippen LogP contribution < -0.4 is 0 Å². The molecule has 1 N–H and O–H groups in total. The summed E-state index contributed by atoms with van der Waals surface area (Å²) in [6.07, 6.45) is 2.03. The third kappa shape index (κ3) is 2.20. The monoisotopic (exact) mass is 171 g/mol. The van der Waals surface area contributed by atoms with E-state index in [2.05, 4.69) is 18.7 Å². The molecule has 0 spiro atoms. The number of aliphatic hydroxyl groups is 1. The van der Waals surface area contributed by atoms with Crippen LogP contribution in [-0.4, -0.2) is 35.2 Å². The lowest BCUT2D eigenvalue weighted by molar-refractivity contribution is 0.102. The first-order valence-electron chi connectivity index (χ1n) is 5.07. The summed E-state index contributed by atoms with van der Waals surface area (Å²) in [6.45, 7) is 8.62.